The summed E-state index contributed by atoms with van der Waals surface area (Å²) < 4.78 is 0. The minimum atomic E-state index is -1.07. The molecule has 2 saturated heterocycles. The smallest absolute Gasteiger partial charge is 0.316 e. The van der Waals surface area contributed by atoms with Gasteiger partial charge in [0.15, 0.2) is 11.1 Å². The van der Waals surface area contributed by atoms with Crippen LogP contribution in [0, 0.1) is 0 Å². The van der Waals surface area contributed by atoms with Gasteiger partial charge in [-0.1, -0.05) is 91.0 Å². The predicted molar refractivity (Wildman–Crippen MR) is 151 cm³/mol. The SMILES string of the molecule is O=C1NC(=O)C2(N1)c1ccccc1-c1ccccc12.O=C1NC(=O)[C@]2(N1)c1ccccc1-c1ccc(C3CC3)cc12. The van der Waals surface area contributed by atoms with Gasteiger partial charge >= 0.3 is 12.1 Å². The Labute approximate surface area is 235 Å². The fraction of sp³-hybridized carbons (Fsp3) is 0.152. The van der Waals surface area contributed by atoms with Gasteiger partial charge in [-0.15, -0.1) is 0 Å². The average Bonchev–Trinajstić information content (AvgIpc) is 3.58. The van der Waals surface area contributed by atoms with Crippen LogP contribution in [0.1, 0.15) is 46.6 Å². The molecular formula is C33H24N4O4. The quantitative estimate of drug-likeness (QED) is 0.268. The summed E-state index contributed by atoms with van der Waals surface area (Å²) in [5.74, 6) is 0.0118. The van der Waals surface area contributed by atoms with Crippen LogP contribution in [0.3, 0.4) is 0 Å². The van der Waals surface area contributed by atoms with Crippen LogP contribution in [0.2, 0.25) is 0 Å². The summed E-state index contributed by atoms with van der Waals surface area (Å²) >= 11 is 0. The first-order chi connectivity index (χ1) is 19.9. The van der Waals surface area contributed by atoms with E-state index >= 15 is 0 Å². The van der Waals surface area contributed by atoms with E-state index in [1.165, 1.54) is 18.4 Å². The van der Waals surface area contributed by atoms with Crippen LogP contribution in [-0.4, -0.2) is 23.9 Å². The number of rotatable bonds is 1. The molecule has 4 aromatic rings. The molecule has 2 aliphatic heterocycles. The fourth-order valence-electron chi connectivity index (χ4n) is 6.87. The second kappa shape index (κ2) is 8.14. The van der Waals surface area contributed by atoms with Crippen molar-refractivity contribution in [2.75, 3.05) is 0 Å². The molecule has 0 bridgehead atoms. The second-order valence-corrected chi connectivity index (χ2v) is 11.0. The van der Waals surface area contributed by atoms with E-state index in [2.05, 4.69) is 39.5 Å². The lowest BCUT2D eigenvalue weighted by Crippen LogP contribution is -2.43. The molecule has 0 unspecified atom stereocenters. The van der Waals surface area contributed by atoms with E-state index in [0.29, 0.717) is 5.92 Å². The topological polar surface area (TPSA) is 116 Å². The van der Waals surface area contributed by atoms with E-state index in [-0.39, 0.29) is 11.8 Å². The Bertz CT molecular complexity index is 1810. The lowest BCUT2D eigenvalue weighted by molar-refractivity contribution is -0.123. The van der Waals surface area contributed by atoms with Gasteiger partial charge in [0.25, 0.3) is 11.8 Å². The number of hydrogen-bond donors (Lipinski definition) is 4. The van der Waals surface area contributed by atoms with Gasteiger partial charge in [0.1, 0.15) is 0 Å². The summed E-state index contributed by atoms with van der Waals surface area (Å²) in [5, 5.41) is 10.4. The van der Waals surface area contributed by atoms with Crippen molar-refractivity contribution in [2.24, 2.45) is 0 Å². The Kier molecular flexibility index (Phi) is 4.69. The van der Waals surface area contributed by atoms with Gasteiger partial charge in [-0.2, -0.15) is 0 Å². The first-order valence-electron chi connectivity index (χ1n) is 13.6. The molecule has 3 aliphatic carbocycles. The first kappa shape index (κ1) is 23.6. The Morgan fingerprint density at radius 3 is 1.34 bits per heavy atom. The second-order valence-electron chi connectivity index (χ2n) is 11.0. The van der Waals surface area contributed by atoms with E-state index in [1.807, 2.05) is 72.8 Å². The van der Waals surface area contributed by atoms with Crippen LogP contribution in [0.15, 0.2) is 91.0 Å². The Morgan fingerprint density at radius 2 is 0.927 bits per heavy atom. The molecule has 1 saturated carbocycles. The van der Waals surface area contributed by atoms with Gasteiger partial charge in [-0.3, -0.25) is 20.2 Å². The zero-order valence-electron chi connectivity index (χ0n) is 21.8. The first-order valence-corrected chi connectivity index (χ1v) is 13.6. The molecule has 4 N–H and O–H groups in total. The lowest BCUT2D eigenvalue weighted by Gasteiger charge is -2.23. The van der Waals surface area contributed by atoms with Crippen LogP contribution in [-0.2, 0) is 20.7 Å². The van der Waals surface area contributed by atoms with Crippen molar-refractivity contribution in [2.45, 2.75) is 29.8 Å². The number of fused-ring (bicyclic) bond motifs is 10. The predicted octanol–water partition coefficient (Wildman–Crippen LogP) is 4.38. The molecule has 2 heterocycles. The van der Waals surface area contributed by atoms with Crippen LogP contribution >= 0.6 is 0 Å². The van der Waals surface area contributed by atoms with E-state index in [9.17, 15) is 19.2 Å². The maximum absolute atomic E-state index is 12.6. The minimum absolute atomic E-state index is 0.281. The number of nitrogens with one attached hydrogen (secondary N) is 4. The van der Waals surface area contributed by atoms with Crippen molar-refractivity contribution in [3.05, 3.63) is 119 Å². The summed E-state index contributed by atoms with van der Waals surface area (Å²) in [6, 6.07) is 28.6. The molecule has 0 radical (unpaired) electrons. The number of hydrogen-bond acceptors (Lipinski definition) is 4. The summed E-state index contributed by atoms with van der Waals surface area (Å²) in [4.78, 5) is 48.4. The molecule has 4 aromatic carbocycles. The largest absolute Gasteiger partial charge is 0.322 e. The molecule has 6 amide bonds. The molecule has 8 nitrogen and oxygen atoms in total. The van der Waals surface area contributed by atoms with E-state index in [4.69, 9.17) is 0 Å². The van der Waals surface area contributed by atoms with E-state index in [0.717, 1.165) is 44.5 Å². The number of carbonyl (C=O) groups is 4. The molecule has 2 spiro atoms. The molecule has 9 rings (SSSR count). The van der Waals surface area contributed by atoms with Gasteiger partial charge in [0.2, 0.25) is 0 Å². The Balaban J connectivity index is 0.000000126. The van der Waals surface area contributed by atoms with Crippen LogP contribution in [0.4, 0.5) is 9.59 Å². The maximum atomic E-state index is 12.6. The van der Waals surface area contributed by atoms with Crippen LogP contribution < -0.4 is 21.3 Å². The average molecular weight is 541 g/mol. The number of benzene rings is 4. The van der Waals surface area contributed by atoms with Crippen molar-refractivity contribution in [1.82, 2.24) is 21.3 Å². The standard InChI is InChI=1S/C18H14N2O2.C15H10N2O2/c21-16-18(20-17(22)19-16)14-4-2-1-3-12(14)13-8-7-11(9-15(13)18)10-5-6-10;18-13-15(17-14(19)16-13)11-7-3-1-5-9(11)10-6-2-4-8-12(10)15/h1-4,7-10H,5-6H2,(H2,19,20,21,22);1-8H,(H2,16,17,18,19)/t18-;/m0./s1. The van der Waals surface area contributed by atoms with Crippen LogP contribution in [0.25, 0.3) is 22.3 Å². The Hall–Kier alpha value is -5.24. The third kappa shape index (κ3) is 3.10. The molecule has 200 valence electrons. The lowest BCUT2D eigenvalue weighted by atomic mass is 9.86. The summed E-state index contributed by atoms with van der Waals surface area (Å²) in [5.41, 5.74) is 6.63. The third-order valence-corrected chi connectivity index (χ3v) is 8.81. The van der Waals surface area contributed by atoms with Gasteiger partial charge in [-0.25, -0.2) is 9.59 Å². The van der Waals surface area contributed by atoms with E-state index in [1.54, 1.807) is 0 Å². The highest BCUT2D eigenvalue weighted by molar-refractivity contribution is 6.14. The van der Waals surface area contributed by atoms with Crippen molar-refractivity contribution < 1.29 is 19.2 Å². The Morgan fingerprint density at radius 1 is 0.512 bits per heavy atom. The zero-order valence-corrected chi connectivity index (χ0v) is 21.8. The number of urea groups is 2. The van der Waals surface area contributed by atoms with Crippen molar-refractivity contribution in [1.29, 1.82) is 0 Å². The summed E-state index contributed by atoms with van der Waals surface area (Å²) in [6.07, 6.45) is 2.41. The fourth-order valence-corrected chi connectivity index (χ4v) is 6.87. The zero-order chi connectivity index (χ0) is 27.9. The van der Waals surface area contributed by atoms with Crippen molar-refractivity contribution in [3.8, 4) is 22.3 Å². The minimum Gasteiger partial charge on any atom is -0.316 e. The maximum Gasteiger partial charge on any atom is 0.322 e. The van der Waals surface area contributed by atoms with Gasteiger partial charge < -0.3 is 10.6 Å². The molecular weight excluding hydrogens is 516 g/mol. The molecule has 41 heavy (non-hydrogen) atoms. The molecule has 0 aromatic heterocycles. The van der Waals surface area contributed by atoms with E-state index < -0.39 is 23.1 Å². The molecule has 8 heteroatoms. The number of amides is 6. The van der Waals surface area contributed by atoms with Crippen molar-refractivity contribution >= 4 is 23.9 Å². The molecule has 3 fully saturated rings. The third-order valence-electron chi connectivity index (χ3n) is 8.81. The normalized spacial score (nSPS) is 21.7. The van der Waals surface area contributed by atoms with Crippen molar-refractivity contribution in [3.63, 3.8) is 0 Å². The number of imide groups is 2. The van der Waals surface area contributed by atoms with Crippen LogP contribution in [0.5, 0.6) is 0 Å². The van der Waals surface area contributed by atoms with Gasteiger partial charge in [0, 0.05) is 0 Å². The highest BCUT2D eigenvalue weighted by Crippen LogP contribution is 2.51. The highest BCUT2D eigenvalue weighted by atomic mass is 16.2. The van der Waals surface area contributed by atoms with Gasteiger partial charge in [-0.05, 0) is 68.8 Å². The molecule has 5 aliphatic rings. The summed E-state index contributed by atoms with van der Waals surface area (Å²) in [7, 11) is 0. The monoisotopic (exact) mass is 540 g/mol. The summed E-state index contributed by atoms with van der Waals surface area (Å²) in [6.45, 7) is 0. The molecule has 1 atom stereocenters. The number of carbonyl (C=O) groups excluding carboxylic acids is 4. The highest BCUT2D eigenvalue weighted by Gasteiger charge is 2.56. The van der Waals surface area contributed by atoms with Gasteiger partial charge in [0.05, 0.1) is 0 Å².